The van der Waals surface area contributed by atoms with Crippen LogP contribution in [0.5, 0.6) is 0 Å². The number of carbonyl (C=O) groups is 1. The summed E-state index contributed by atoms with van der Waals surface area (Å²) in [5.41, 5.74) is 0.363. The number of hydrogen-bond acceptors (Lipinski definition) is 5. The van der Waals surface area contributed by atoms with Crippen molar-refractivity contribution in [3.8, 4) is 0 Å². The number of aromatic nitrogens is 2. The second kappa shape index (κ2) is 7.34. The van der Waals surface area contributed by atoms with Gasteiger partial charge in [0.1, 0.15) is 0 Å². The van der Waals surface area contributed by atoms with Gasteiger partial charge in [0.25, 0.3) is 5.91 Å². The van der Waals surface area contributed by atoms with Crippen LogP contribution >= 0.6 is 11.7 Å². The highest BCUT2D eigenvalue weighted by molar-refractivity contribution is 6.99. The molecule has 1 aromatic rings. The molecule has 0 aliphatic heterocycles. The molecule has 1 atom stereocenters. The summed E-state index contributed by atoms with van der Waals surface area (Å²) in [5, 5.41) is 11.8. The highest BCUT2D eigenvalue weighted by Crippen LogP contribution is 2.14. The van der Waals surface area contributed by atoms with E-state index in [1.165, 1.54) is 6.20 Å². The topological polar surface area (TPSA) is 75.1 Å². The summed E-state index contributed by atoms with van der Waals surface area (Å²) in [7, 11) is 0. The molecular formula is C11H19N3O2S. The van der Waals surface area contributed by atoms with Gasteiger partial charge in [0.15, 0.2) is 5.69 Å². The summed E-state index contributed by atoms with van der Waals surface area (Å²) in [6.45, 7) is 5.01. The first kappa shape index (κ1) is 14.1. The molecule has 0 fully saturated rings. The van der Waals surface area contributed by atoms with Crippen molar-refractivity contribution in [2.24, 2.45) is 11.8 Å². The molecule has 0 saturated heterocycles. The zero-order valence-electron chi connectivity index (χ0n) is 10.2. The minimum atomic E-state index is -0.189. The number of rotatable bonds is 7. The van der Waals surface area contributed by atoms with Crippen molar-refractivity contribution in [1.82, 2.24) is 14.1 Å². The van der Waals surface area contributed by atoms with Crippen LogP contribution in [-0.2, 0) is 0 Å². The molecule has 1 amide bonds. The summed E-state index contributed by atoms with van der Waals surface area (Å²) in [6.07, 6.45) is 3.17. The Hall–Kier alpha value is -1.01. The lowest BCUT2D eigenvalue weighted by Crippen LogP contribution is -2.30. The average molecular weight is 257 g/mol. The maximum absolute atomic E-state index is 11.6. The summed E-state index contributed by atoms with van der Waals surface area (Å²) < 4.78 is 7.65. The zero-order valence-corrected chi connectivity index (χ0v) is 11.0. The van der Waals surface area contributed by atoms with E-state index in [4.69, 9.17) is 5.11 Å². The molecule has 96 valence electrons. The molecule has 0 saturated carbocycles. The molecule has 0 aliphatic carbocycles. The summed E-state index contributed by atoms with van der Waals surface area (Å²) >= 11 is 1.02. The molecule has 6 heteroatoms. The molecule has 0 aromatic carbocycles. The lowest BCUT2D eigenvalue weighted by Gasteiger charge is -2.18. The predicted octanol–water partition coefficient (Wildman–Crippen LogP) is 1.31. The lowest BCUT2D eigenvalue weighted by atomic mass is 9.94. The van der Waals surface area contributed by atoms with E-state index in [1.54, 1.807) is 0 Å². The highest BCUT2D eigenvalue weighted by Gasteiger charge is 2.14. The van der Waals surface area contributed by atoms with E-state index in [9.17, 15) is 4.79 Å². The van der Waals surface area contributed by atoms with Crippen molar-refractivity contribution in [3.05, 3.63) is 11.9 Å². The molecule has 0 bridgehead atoms. The molecule has 0 radical (unpaired) electrons. The Morgan fingerprint density at radius 2 is 2.35 bits per heavy atom. The number of aliphatic hydroxyl groups is 1. The average Bonchev–Trinajstić information content (AvgIpc) is 2.78. The third-order valence-corrected chi connectivity index (χ3v) is 2.97. The number of amides is 1. The van der Waals surface area contributed by atoms with E-state index in [0.717, 1.165) is 18.1 Å². The zero-order chi connectivity index (χ0) is 12.7. The molecular weight excluding hydrogens is 238 g/mol. The van der Waals surface area contributed by atoms with E-state index in [-0.39, 0.29) is 12.5 Å². The summed E-state index contributed by atoms with van der Waals surface area (Å²) in [6, 6.07) is 0. The first-order chi connectivity index (χ1) is 8.13. The van der Waals surface area contributed by atoms with E-state index in [0.29, 0.717) is 30.5 Å². The van der Waals surface area contributed by atoms with Gasteiger partial charge in [-0.2, -0.15) is 8.75 Å². The van der Waals surface area contributed by atoms with E-state index < -0.39 is 0 Å². The molecule has 2 N–H and O–H groups in total. The standard InChI is InChI=1S/C11H19N3O2S/c1-8(2)5-9(3-4-15)6-12-11(16)10-7-13-17-14-10/h7-9,15H,3-6H2,1-2H3,(H,12,16). The van der Waals surface area contributed by atoms with Crippen molar-refractivity contribution >= 4 is 17.6 Å². The largest absolute Gasteiger partial charge is 0.396 e. The first-order valence-electron chi connectivity index (χ1n) is 5.80. The van der Waals surface area contributed by atoms with E-state index in [2.05, 4.69) is 27.9 Å². The molecule has 0 aliphatic rings. The maximum Gasteiger partial charge on any atom is 0.272 e. The Kier molecular flexibility index (Phi) is 6.07. The van der Waals surface area contributed by atoms with Gasteiger partial charge >= 0.3 is 0 Å². The second-order valence-corrected chi connectivity index (χ2v) is 5.07. The fraction of sp³-hybridized carbons (Fsp3) is 0.727. The van der Waals surface area contributed by atoms with Gasteiger partial charge in [-0.3, -0.25) is 4.79 Å². The van der Waals surface area contributed by atoms with Gasteiger partial charge in [0.05, 0.1) is 17.9 Å². The number of hydrogen-bond donors (Lipinski definition) is 2. The number of aliphatic hydroxyl groups excluding tert-OH is 1. The normalized spacial score (nSPS) is 12.7. The number of nitrogens with one attached hydrogen (secondary N) is 1. The van der Waals surface area contributed by atoms with Crippen LogP contribution in [-0.4, -0.2) is 32.9 Å². The second-order valence-electron chi connectivity index (χ2n) is 4.51. The predicted molar refractivity (Wildman–Crippen MR) is 66.9 cm³/mol. The van der Waals surface area contributed by atoms with Crippen LogP contribution in [0, 0.1) is 11.8 Å². The Bertz CT molecular complexity index is 327. The Morgan fingerprint density at radius 1 is 1.59 bits per heavy atom. The van der Waals surface area contributed by atoms with Crippen LogP contribution < -0.4 is 5.32 Å². The highest BCUT2D eigenvalue weighted by atomic mass is 32.1. The van der Waals surface area contributed by atoms with Crippen molar-refractivity contribution in [3.63, 3.8) is 0 Å². The fourth-order valence-electron chi connectivity index (χ4n) is 1.74. The number of carbonyl (C=O) groups excluding carboxylic acids is 1. The van der Waals surface area contributed by atoms with Gasteiger partial charge < -0.3 is 10.4 Å². The van der Waals surface area contributed by atoms with Crippen molar-refractivity contribution in [2.75, 3.05) is 13.2 Å². The molecule has 0 spiro atoms. The summed E-state index contributed by atoms with van der Waals surface area (Å²) in [5.74, 6) is 0.686. The van der Waals surface area contributed by atoms with Gasteiger partial charge in [0, 0.05) is 13.2 Å². The molecule has 1 aromatic heterocycles. The van der Waals surface area contributed by atoms with E-state index >= 15 is 0 Å². The van der Waals surface area contributed by atoms with Crippen LogP contribution in [0.15, 0.2) is 6.20 Å². The first-order valence-corrected chi connectivity index (χ1v) is 6.53. The minimum Gasteiger partial charge on any atom is -0.396 e. The van der Waals surface area contributed by atoms with Gasteiger partial charge in [-0.1, -0.05) is 13.8 Å². The van der Waals surface area contributed by atoms with Crippen molar-refractivity contribution in [1.29, 1.82) is 0 Å². The van der Waals surface area contributed by atoms with Crippen molar-refractivity contribution < 1.29 is 9.90 Å². The monoisotopic (exact) mass is 257 g/mol. The van der Waals surface area contributed by atoms with Gasteiger partial charge in [-0.05, 0) is 24.7 Å². The third kappa shape index (κ3) is 5.23. The molecule has 1 heterocycles. The lowest BCUT2D eigenvalue weighted by molar-refractivity contribution is 0.0937. The molecule has 17 heavy (non-hydrogen) atoms. The van der Waals surface area contributed by atoms with E-state index in [1.807, 2.05) is 0 Å². The van der Waals surface area contributed by atoms with Gasteiger partial charge in [-0.25, -0.2) is 0 Å². The summed E-state index contributed by atoms with van der Waals surface area (Å²) in [4.78, 5) is 11.6. The minimum absolute atomic E-state index is 0.158. The molecule has 1 rings (SSSR count). The van der Waals surface area contributed by atoms with Crippen molar-refractivity contribution in [2.45, 2.75) is 26.7 Å². The Balaban J connectivity index is 2.38. The van der Waals surface area contributed by atoms with Crippen LogP contribution in [0.1, 0.15) is 37.2 Å². The molecule has 5 nitrogen and oxygen atoms in total. The molecule has 1 unspecified atom stereocenters. The fourth-order valence-corrected chi connectivity index (χ4v) is 2.16. The van der Waals surface area contributed by atoms with Gasteiger partial charge in [0.2, 0.25) is 0 Å². The Labute approximate surface area is 106 Å². The van der Waals surface area contributed by atoms with Crippen LogP contribution in [0.2, 0.25) is 0 Å². The smallest absolute Gasteiger partial charge is 0.272 e. The number of nitrogens with zero attached hydrogens (tertiary/aromatic N) is 2. The van der Waals surface area contributed by atoms with Crippen LogP contribution in [0.3, 0.4) is 0 Å². The third-order valence-electron chi connectivity index (χ3n) is 2.49. The SMILES string of the molecule is CC(C)CC(CCO)CNC(=O)c1cnsn1. The Morgan fingerprint density at radius 3 is 2.88 bits per heavy atom. The quantitative estimate of drug-likeness (QED) is 0.772. The van der Waals surface area contributed by atoms with Crippen LogP contribution in [0.4, 0.5) is 0 Å². The van der Waals surface area contributed by atoms with Crippen LogP contribution in [0.25, 0.3) is 0 Å². The maximum atomic E-state index is 11.6. The van der Waals surface area contributed by atoms with Gasteiger partial charge in [-0.15, -0.1) is 0 Å².